The molecular formula is C23H30N2O3S. The van der Waals surface area contributed by atoms with Crippen LogP contribution < -0.4 is 9.46 Å². The van der Waals surface area contributed by atoms with E-state index in [9.17, 15) is 8.42 Å². The molecule has 0 bridgehead atoms. The first-order valence-corrected chi connectivity index (χ1v) is 11.6. The van der Waals surface area contributed by atoms with Crippen molar-refractivity contribution in [1.29, 1.82) is 0 Å². The van der Waals surface area contributed by atoms with Gasteiger partial charge in [0.2, 0.25) is 10.0 Å². The largest absolute Gasteiger partial charge is 0.494 e. The van der Waals surface area contributed by atoms with Crippen LogP contribution in [0, 0.1) is 13.8 Å². The molecule has 0 spiro atoms. The van der Waals surface area contributed by atoms with Crippen LogP contribution in [0.3, 0.4) is 0 Å². The lowest BCUT2D eigenvalue weighted by Gasteiger charge is -2.15. The molecule has 3 rings (SSSR count). The molecule has 0 aliphatic carbocycles. The minimum atomic E-state index is -3.59. The van der Waals surface area contributed by atoms with Gasteiger partial charge in [-0.25, -0.2) is 13.1 Å². The molecule has 0 aliphatic rings. The summed E-state index contributed by atoms with van der Waals surface area (Å²) in [5.74, 6) is 0.912. The van der Waals surface area contributed by atoms with Gasteiger partial charge in [0.25, 0.3) is 0 Å². The number of aromatic nitrogens is 1. The van der Waals surface area contributed by atoms with Gasteiger partial charge in [-0.1, -0.05) is 25.5 Å². The number of rotatable bonds is 8. The monoisotopic (exact) mass is 414 g/mol. The summed E-state index contributed by atoms with van der Waals surface area (Å²) >= 11 is 0. The van der Waals surface area contributed by atoms with Crippen molar-refractivity contribution in [3.8, 4) is 5.75 Å². The van der Waals surface area contributed by atoms with E-state index in [2.05, 4.69) is 34.8 Å². The minimum absolute atomic E-state index is 0.170. The Morgan fingerprint density at radius 2 is 1.86 bits per heavy atom. The van der Waals surface area contributed by atoms with Gasteiger partial charge < -0.3 is 9.72 Å². The predicted octanol–water partition coefficient (Wildman–Crippen LogP) is 4.83. The summed E-state index contributed by atoms with van der Waals surface area (Å²) < 4.78 is 34.1. The Bertz CT molecular complexity index is 1110. The SMILES string of the molecule is CCOc1ccc(S(=O)(=O)NCCc2c(C)[nH]c3ccc(C)cc23)cc1C(C)C. The molecule has 2 N–H and O–H groups in total. The van der Waals surface area contributed by atoms with Gasteiger partial charge in [0.1, 0.15) is 5.75 Å². The molecule has 0 amide bonds. The molecule has 0 radical (unpaired) electrons. The highest BCUT2D eigenvalue weighted by molar-refractivity contribution is 7.89. The highest BCUT2D eigenvalue weighted by Crippen LogP contribution is 2.29. The van der Waals surface area contributed by atoms with Crippen LogP contribution in [-0.4, -0.2) is 26.6 Å². The van der Waals surface area contributed by atoms with Crippen molar-refractivity contribution < 1.29 is 13.2 Å². The van der Waals surface area contributed by atoms with Gasteiger partial charge in [-0.2, -0.15) is 0 Å². The first kappa shape index (κ1) is 21.4. The average molecular weight is 415 g/mol. The van der Waals surface area contributed by atoms with E-state index in [0.29, 0.717) is 19.6 Å². The average Bonchev–Trinajstić information content (AvgIpc) is 2.97. The number of hydrogen-bond acceptors (Lipinski definition) is 3. The number of aryl methyl sites for hydroxylation is 2. The second-order valence-corrected chi connectivity index (χ2v) is 9.48. The Morgan fingerprint density at radius 3 is 2.55 bits per heavy atom. The van der Waals surface area contributed by atoms with Crippen molar-refractivity contribution >= 4 is 20.9 Å². The molecule has 1 heterocycles. The summed E-state index contributed by atoms with van der Waals surface area (Å²) in [5.41, 5.74) is 5.40. The van der Waals surface area contributed by atoms with E-state index < -0.39 is 10.0 Å². The molecule has 29 heavy (non-hydrogen) atoms. The van der Waals surface area contributed by atoms with Crippen LogP contribution in [0.2, 0.25) is 0 Å². The lowest BCUT2D eigenvalue weighted by atomic mass is 10.0. The molecule has 1 aromatic heterocycles. The van der Waals surface area contributed by atoms with Crippen LogP contribution in [-0.2, 0) is 16.4 Å². The first-order valence-electron chi connectivity index (χ1n) is 10.1. The number of hydrogen-bond donors (Lipinski definition) is 2. The van der Waals surface area contributed by atoms with Crippen molar-refractivity contribution in [2.24, 2.45) is 0 Å². The first-order chi connectivity index (χ1) is 13.7. The highest BCUT2D eigenvalue weighted by atomic mass is 32.2. The molecule has 0 saturated heterocycles. The van der Waals surface area contributed by atoms with E-state index >= 15 is 0 Å². The Balaban J connectivity index is 1.78. The fourth-order valence-electron chi connectivity index (χ4n) is 3.64. The van der Waals surface area contributed by atoms with Crippen molar-refractivity contribution in [2.75, 3.05) is 13.2 Å². The van der Waals surface area contributed by atoms with Crippen molar-refractivity contribution in [3.05, 3.63) is 58.8 Å². The Hall–Kier alpha value is -2.31. The van der Waals surface area contributed by atoms with Crippen LogP contribution >= 0.6 is 0 Å². The quantitative estimate of drug-likeness (QED) is 0.555. The van der Waals surface area contributed by atoms with Crippen LogP contribution in [0.1, 0.15) is 49.1 Å². The number of aromatic amines is 1. The van der Waals surface area contributed by atoms with E-state index in [-0.39, 0.29) is 10.8 Å². The van der Waals surface area contributed by atoms with E-state index in [1.165, 1.54) is 5.56 Å². The third-order valence-electron chi connectivity index (χ3n) is 5.16. The summed E-state index contributed by atoms with van der Waals surface area (Å²) in [6, 6.07) is 11.4. The second-order valence-electron chi connectivity index (χ2n) is 7.71. The zero-order chi connectivity index (χ0) is 21.2. The summed E-state index contributed by atoms with van der Waals surface area (Å²) in [6.07, 6.45) is 0.628. The molecule has 0 fully saturated rings. The van der Waals surface area contributed by atoms with E-state index in [4.69, 9.17) is 4.74 Å². The smallest absolute Gasteiger partial charge is 0.240 e. The zero-order valence-corrected chi connectivity index (χ0v) is 18.6. The summed E-state index contributed by atoms with van der Waals surface area (Å²) in [4.78, 5) is 3.65. The highest BCUT2D eigenvalue weighted by Gasteiger charge is 2.18. The van der Waals surface area contributed by atoms with Crippen LogP contribution in [0.5, 0.6) is 5.75 Å². The van der Waals surface area contributed by atoms with Crippen molar-refractivity contribution in [2.45, 2.75) is 51.9 Å². The summed E-state index contributed by atoms with van der Waals surface area (Å²) in [5, 5.41) is 1.16. The van der Waals surface area contributed by atoms with E-state index in [0.717, 1.165) is 33.5 Å². The van der Waals surface area contributed by atoms with E-state index in [1.54, 1.807) is 18.2 Å². The third-order valence-corrected chi connectivity index (χ3v) is 6.61. The predicted molar refractivity (Wildman–Crippen MR) is 118 cm³/mol. The van der Waals surface area contributed by atoms with Gasteiger partial charge in [-0.3, -0.25) is 0 Å². The molecule has 0 saturated carbocycles. The lowest BCUT2D eigenvalue weighted by Crippen LogP contribution is -2.26. The standard InChI is InChI=1S/C23H30N2O3S/c1-6-28-23-10-8-18(14-20(23)15(2)3)29(26,27)24-12-11-19-17(5)25-22-9-7-16(4)13-21(19)22/h7-10,13-15,24-25H,6,11-12H2,1-5H3. The Morgan fingerprint density at radius 1 is 1.10 bits per heavy atom. The number of benzene rings is 2. The minimum Gasteiger partial charge on any atom is -0.494 e. The maximum absolute atomic E-state index is 12.8. The summed E-state index contributed by atoms with van der Waals surface area (Å²) in [6.45, 7) is 11.0. The fraction of sp³-hybridized carbons (Fsp3) is 0.391. The summed E-state index contributed by atoms with van der Waals surface area (Å²) in [7, 11) is -3.59. The Labute approximate surface area is 173 Å². The molecule has 3 aromatic rings. The van der Waals surface area contributed by atoms with Gasteiger partial charge in [0.15, 0.2) is 0 Å². The number of sulfonamides is 1. The fourth-order valence-corrected chi connectivity index (χ4v) is 4.71. The van der Waals surface area contributed by atoms with Gasteiger partial charge >= 0.3 is 0 Å². The Kier molecular flexibility index (Phi) is 6.34. The number of fused-ring (bicyclic) bond motifs is 1. The van der Waals surface area contributed by atoms with Gasteiger partial charge in [0, 0.05) is 23.1 Å². The molecule has 0 aliphatic heterocycles. The van der Waals surface area contributed by atoms with Crippen molar-refractivity contribution in [1.82, 2.24) is 9.71 Å². The third kappa shape index (κ3) is 4.65. The normalized spacial score (nSPS) is 12.1. The topological polar surface area (TPSA) is 71.2 Å². The molecular weight excluding hydrogens is 384 g/mol. The van der Waals surface area contributed by atoms with Crippen molar-refractivity contribution in [3.63, 3.8) is 0 Å². The van der Waals surface area contributed by atoms with Crippen LogP contribution in [0.15, 0.2) is 41.3 Å². The van der Waals surface area contributed by atoms with E-state index in [1.807, 2.05) is 27.7 Å². The molecule has 0 unspecified atom stereocenters. The maximum Gasteiger partial charge on any atom is 0.240 e. The van der Waals surface area contributed by atoms with Gasteiger partial charge in [-0.15, -0.1) is 0 Å². The number of H-pyrrole nitrogens is 1. The lowest BCUT2D eigenvalue weighted by molar-refractivity contribution is 0.335. The molecule has 0 atom stereocenters. The maximum atomic E-state index is 12.8. The number of nitrogens with one attached hydrogen (secondary N) is 2. The van der Waals surface area contributed by atoms with Gasteiger partial charge in [0.05, 0.1) is 11.5 Å². The number of ether oxygens (including phenoxy) is 1. The second kappa shape index (κ2) is 8.59. The van der Waals surface area contributed by atoms with Gasteiger partial charge in [-0.05, 0) is 74.6 Å². The molecule has 156 valence electrons. The molecule has 6 heteroatoms. The zero-order valence-electron chi connectivity index (χ0n) is 17.8. The molecule has 2 aromatic carbocycles. The molecule has 5 nitrogen and oxygen atoms in total. The van der Waals surface area contributed by atoms with Crippen LogP contribution in [0.25, 0.3) is 10.9 Å². The van der Waals surface area contributed by atoms with Crippen LogP contribution in [0.4, 0.5) is 0 Å².